The molecule has 0 atom stereocenters. The zero-order valence-corrected chi connectivity index (χ0v) is 10.3. The molecule has 0 saturated carbocycles. The summed E-state index contributed by atoms with van der Waals surface area (Å²) < 4.78 is 5.52. The van der Waals surface area contributed by atoms with Gasteiger partial charge < -0.3 is 4.74 Å². The first-order valence-electron chi connectivity index (χ1n) is 4.61. The van der Waals surface area contributed by atoms with Crippen molar-refractivity contribution >= 4 is 27.7 Å². The summed E-state index contributed by atoms with van der Waals surface area (Å²) in [4.78, 5) is 17.4. The van der Waals surface area contributed by atoms with Gasteiger partial charge in [0.1, 0.15) is 17.0 Å². The van der Waals surface area contributed by atoms with Gasteiger partial charge in [-0.3, -0.25) is 9.69 Å². The minimum absolute atomic E-state index is 0.0715. The van der Waals surface area contributed by atoms with E-state index in [1.807, 2.05) is 19.1 Å². The Bertz CT molecular complexity index is 344. The van der Waals surface area contributed by atoms with E-state index in [1.165, 1.54) is 7.11 Å². The molecule has 0 aliphatic rings. The topological polar surface area (TPSA) is 42.4 Å². The molecule has 82 valence electrons. The van der Waals surface area contributed by atoms with Crippen LogP contribution in [0.15, 0.2) is 22.8 Å². The lowest BCUT2D eigenvalue weighted by Gasteiger charge is -2.19. The maximum atomic E-state index is 11.6. The second-order valence-electron chi connectivity index (χ2n) is 2.89. The van der Waals surface area contributed by atoms with Crippen LogP contribution in [-0.2, 0) is 9.53 Å². The van der Waals surface area contributed by atoms with E-state index in [2.05, 4.69) is 20.9 Å². The van der Waals surface area contributed by atoms with Crippen molar-refractivity contribution in [1.82, 2.24) is 4.98 Å². The summed E-state index contributed by atoms with van der Waals surface area (Å²) in [6.45, 7) is 2.55. The molecule has 0 N–H and O–H groups in total. The predicted octanol–water partition coefficient (Wildman–Crippen LogP) is 1.84. The highest BCUT2D eigenvalue weighted by Gasteiger charge is 2.14. The Kier molecular flexibility index (Phi) is 4.71. The fraction of sp³-hybridized carbons (Fsp3) is 0.400. The third-order valence-corrected chi connectivity index (χ3v) is 2.30. The van der Waals surface area contributed by atoms with Crippen molar-refractivity contribution < 1.29 is 9.53 Å². The van der Waals surface area contributed by atoms with Crippen LogP contribution in [0.25, 0.3) is 0 Å². The molecule has 0 aliphatic carbocycles. The zero-order valence-electron chi connectivity index (χ0n) is 8.74. The summed E-state index contributed by atoms with van der Waals surface area (Å²) >= 11 is 3.27. The van der Waals surface area contributed by atoms with Crippen LogP contribution in [-0.4, -0.2) is 31.2 Å². The Morgan fingerprint density at radius 3 is 2.87 bits per heavy atom. The number of methoxy groups -OCH3 is 1. The van der Waals surface area contributed by atoms with Crippen LogP contribution in [0, 0.1) is 0 Å². The maximum Gasteiger partial charge on any atom is 0.254 e. The molecule has 0 unspecified atom stereocenters. The van der Waals surface area contributed by atoms with Gasteiger partial charge in [0.2, 0.25) is 0 Å². The van der Waals surface area contributed by atoms with Gasteiger partial charge in [-0.05, 0) is 35.0 Å². The molecule has 0 spiro atoms. The third kappa shape index (κ3) is 3.28. The van der Waals surface area contributed by atoms with Gasteiger partial charge >= 0.3 is 0 Å². The van der Waals surface area contributed by atoms with E-state index in [0.717, 1.165) is 0 Å². The van der Waals surface area contributed by atoms with Crippen molar-refractivity contribution in [3.8, 4) is 0 Å². The fourth-order valence-corrected chi connectivity index (χ4v) is 1.55. The minimum Gasteiger partial charge on any atom is -0.375 e. The summed E-state index contributed by atoms with van der Waals surface area (Å²) in [5.41, 5.74) is 0. The van der Waals surface area contributed by atoms with Crippen molar-refractivity contribution in [2.45, 2.75) is 6.92 Å². The first-order chi connectivity index (χ1) is 7.19. The summed E-state index contributed by atoms with van der Waals surface area (Å²) in [6, 6.07) is 5.45. The zero-order chi connectivity index (χ0) is 11.3. The van der Waals surface area contributed by atoms with E-state index in [9.17, 15) is 4.79 Å². The second-order valence-corrected chi connectivity index (χ2v) is 3.70. The van der Waals surface area contributed by atoms with Crippen LogP contribution in [0.5, 0.6) is 0 Å². The van der Waals surface area contributed by atoms with Crippen LogP contribution >= 0.6 is 15.9 Å². The van der Waals surface area contributed by atoms with Gasteiger partial charge in [-0.15, -0.1) is 0 Å². The predicted molar refractivity (Wildman–Crippen MR) is 61.8 cm³/mol. The Hall–Kier alpha value is -0.940. The second kappa shape index (κ2) is 5.82. The van der Waals surface area contributed by atoms with E-state index < -0.39 is 0 Å². The van der Waals surface area contributed by atoms with Gasteiger partial charge in [-0.2, -0.15) is 0 Å². The normalized spacial score (nSPS) is 10.1. The highest BCUT2D eigenvalue weighted by molar-refractivity contribution is 9.10. The molecular weight excluding hydrogens is 260 g/mol. The number of carbonyl (C=O) groups excluding carboxylic acids is 1. The summed E-state index contributed by atoms with van der Waals surface area (Å²) in [5.74, 6) is 0.541. The van der Waals surface area contributed by atoms with E-state index in [0.29, 0.717) is 17.0 Å². The van der Waals surface area contributed by atoms with Gasteiger partial charge in [0.15, 0.2) is 0 Å². The number of amides is 1. The number of hydrogen-bond donors (Lipinski definition) is 0. The molecule has 5 heteroatoms. The van der Waals surface area contributed by atoms with Gasteiger partial charge in [0.25, 0.3) is 5.91 Å². The fourth-order valence-electron chi connectivity index (χ4n) is 1.22. The molecule has 1 heterocycles. The number of halogens is 1. The highest BCUT2D eigenvalue weighted by atomic mass is 79.9. The summed E-state index contributed by atoms with van der Waals surface area (Å²) in [6.07, 6.45) is 0. The smallest absolute Gasteiger partial charge is 0.254 e. The minimum atomic E-state index is -0.0920. The number of ether oxygens (including phenoxy) is 1. The molecule has 0 radical (unpaired) electrons. The van der Waals surface area contributed by atoms with Gasteiger partial charge in [-0.1, -0.05) is 6.07 Å². The molecule has 0 aliphatic heterocycles. The molecule has 1 rings (SSSR count). The van der Waals surface area contributed by atoms with Crippen LogP contribution in [0.1, 0.15) is 6.92 Å². The lowest BCUT2D eigenvalue weighted by molar-refractivity contribution is -0.122. The van der Waals surface area contributed by atoms with Crippen LogP contribution in [0.4, 0.5) is 5.82 Å². The highest BCUT2D eigenvalue weighted by Crippen LogP contribution is 2.14. The van der Waals surface area contributed by atoms with Gasteiger partial charge in [0, 0.05) is 13.7 Å². The Balaban J connectivity index is 2.87. The van der Waals surface area contributed by atoms with Crippen molar-refractivity contribution in [2.24, 2.45) is 0 Å². The Morgan fingerprint density at radius 2 is 2.33 bits per heavy atom. The molecule has 0 fully saturated rings. The molecule has 15 heavy (non-hydrogen) atoms. The Morgan fingerprint density at radius 1 is 1.60 bits per heavy atom. The molecule has 1 aromatic heterocycles. The van der Waals surface area contributed by atoms with Crippen molar-refractivity contribution in [2.75, 3.05) is 25.2 Å². The molecule has 0 saturated heterocycles. The van der Waals surface area contributed by atoms with Crippen LogP contribution in [0.2, 0.25) is 0 Å². The SMILES string of the molecule is CCN(C(=O)COC)c1cccc(Br)n1. The third-order valence-electron chi connectivity index (χ3n) is 1.86. The summed E-state index contributed by atoms with van der Waals surface area (Å²) in [7, 11) is 1.50. The molecule has 4 nitrogen and oxygen atoms in total. The molecule has 0 bridgehead atoms. The first-order valence-corrected chi connectivity index (χ1v) is 5.40. The lowest BCUT2D eigenvalue weighted by atomic mass is 10.4. The van der Waals surface area contributed by atoms with Crippen LogP contribution in [0.3, 0.4) is 0 Å². The van der Waals surface area contributed by atoms with Crippen molar-refractivity contribution in [3.63, 3.8) is 0 Å². The van der Waals surface area contributed by atoms with Gasteiger partial charge in [0.05, 0.1) is 0 Å². The molecule has 1 amide bonds. The van der Waals surface area contributed by atoms with Crippen molar-refractivity contribution in [3.05, 3.63) is 22.8 Å². The number of nitrogens with zero attached hydrogens (tertiary/aromatic N) is 2. The number of pyridine rings is 1. The van der Waals surface area contributed by atoms with Crippen molar-refractivity contribution in [1.29, 1.82) is 0 Å². The average Bonchev–Trinajstić information content (AvgIpc) is 2.19. The quantitative estimate of drug-likeness (QED) is 0.786. The van der Waals surface area contributed by atoms with E-state index >= 15 is 0 Å². The monoisotopic (exact) mass is 272 g/mol. The van der Waals surface area contributed by atoms with E-state index in [-0.39, 0.29) is 12.5 Å². The number of aromatic nitrogens is 1. The number of anilines is 1. The van der Waals surface area contributed by atoms with Crippen LogP contribution < -0.4 is 4.90 Å². The molecular formula is C10H13BrN2O2. The van der Waals surface area contributed by atoms with E-state index in [4.69, 9.17) is 4.74 Å². The van der Waals surface area contributed by atoms with Gasteiger partial charge in [-0.25, -0.2) is 4.98 Å². The first kappa shape index (κ1) is 12.1. The number of rotatable bonds is 4. The number of carbonyl (C=O) groups is 1. The Labute approximate surface area is 97.4 Å². The summed E-state index contributed by atoms with van der Waals surface area (Å²) in [5, 5.41) is 0. The number of hydrogen-bond acceptors (Lipinski definition) is 3. The molecule has 0 aromatic carbocycles. The lowest BCUT2D eigenvalue weighted by Crippen LogP contribution is -2.34. The van der Waals surface area contributed by atoms with E-state index in [1.54, 1.807) is 11.0 Å². The average molecular weight is 273 g/mol. The molecule has 1 aromatic rings. The number of likely N-dealkylation sites (N-methyl/N-ethyl adjacent to an activating group) is 1. The maximum absolute atomic E-state index is 11.6. The largest absolute Gasteiger partial charge is 0.375 e. The standard InChI is InChI=1S/C10H13BrN2O2/c1-3-13(10(14)7-15-2)9-6-4-5-8(11)12-9/h4-6H,3,7H2,1-2H3.